The fraction of sp³-hybridized carbons (Fsp3) is 0.0227. The minimum Gasteiger partial charge on any atom is -0.277 e. The number of aliphatic imine (C=N–C) groups is 3. The molecule has 0 heterocycles. The van der Waals surface area contributed by atoms with Gasteiger partial charge in [0.25, 0.3) is 0 Å². The quantitative estimate of drug-likeness (QED) is 0.143. The normalized spacial score (nSPS) is 12.5. The fourth-order valence-corrected chi connectivity index (χ4v) is 7.27. The Kier molecular flexibility index (Phi) is 6.19. The van der Waals surface area contributed by atoms with E-state index in [1.165, 1.54) is 83.2 Å². The second kappa shape index (κ2) is 10.7. The molecule has 0 saturated carbocycles. The zero-order chi connectivity index (χ0) is 31.5. The van der Waals surface area contributed by atoms with Crippen molar-refractivity contribution in [2.45, 2.75) is 0 Å². The molecule has 8 aromatic rings. The van der Waals surface area contributed by atoms with Crippen molar-refractivity contribution in [3.05, 3.63) is 145 Å². The molecule has 0 atom stereocenters. The maximum atomic E-state index is 4.30. The van der Waals surface area contributed by atoms with E-state index in [4.69, 9.17) is 0 Å². The molecule has 0 saturated heterocycles. The Balaban J connectivity index is 1.08. The van der Waals surface area contributed by atoms with Crippen LogP contribution in [0.15, 0.2) is 155 Å². The fourth-order valence-electron chi connectivity index (χ4n) is 7.27. The number of rotatable bonds is 4. The molecular weight excluding hydrogens is 571 g/mol. The molecule has 0 aromatic heterocycles. The van der Waals surface area contributed by atoms with E-state index < -0.39 is 0 Å². The second-order valence-corrected chi connectivity index (χ2v) is 12.2. The number of hydrogen-bond acceptors (Lipinski definition) is 1. The summed E-state index contributed by atoms with van der Waals surface area (Å²) in [6.45, 7) is 3.67. The average Bonchev–Trinajstić information content (AvgIpc) is 3.44. The van der Waals surface area contributed by atoms with Gasteiger partial charge in [0.2, 0.25) is 0 Å². The van der Waals surface area contributed by atoms with E-state index in [0.29, 0.717) is 5.84 Å². The number of benzene rings is 8. The van der Waals surface area contributed by atoms with Gasteiger partial charge in [-0.05, 0) is 131 Å². The van der Waals surface area contributed by atoms with Gasteiger partial charge < -0.3 is 0 Å². The SMILES string of the molecule is C=N/C(=N\C=N/C)c1ccc2cc(-c3ccc4cc(-c5ccc6c7c(cccc57)-c5cc7ccccc7cc5-6)ccc4c3)ccc2c1. The third kappa shape index (κ3) is 4.39. The van der Waals surface area contributed by atoms with Crippen molar-refractivity contribution in [1.29, 1.82) is 0 Å². The van der Waals surface area contributed by atoms with Crippen LogP contribution in [-0.4, -0.2) is 25.9 Å². The molecule has 3 heteroatoms. The molecule has 9 rings (SSSR count). The first kappa shape index (κ1) is 27.1. The van der Waals surface area contributed by atoms with Gasteiger partial charge in [-0.1, -0.05) is 103 Å². The molecule has 1 aliphatic carbocycles. The van der Waals surface area contributed by atoms with Gasteiger partial charge in [-0.3, -0.25) is 4.99 Å². The van der Waals surface area contributed by atoms with Crippen LogP contribution in [0.4, 0.5) is 0 Å². The largest absolute Gasteiger partial charge is 0.277 e. The standard InChI is InChI=1S/C44H29N3/c1-45-26-47-44(46-2)36-17-15-32-21-30(11-13-34(32)23-36)29-10-12-33-22-35(16-14-31(33)20-29)37-18-19-40-42-25-28-7-4-3-6-27(28)24-41(42)39-9-5-8-38(37)43(39)40/h3-26H,2H2,1H3/b45-26-,47-44-. The highest BCUT2D eigenvalue weighted by Gasteiger charge is 2.23. The lowest BCUT2D eigenvalue weighted by Crippen LogP contribution is -1.97. The van der Waals surface area contributed by atoms with Crippen molar-refractivity contribution in [1.82, 2.24) is 0 Å². The van der Waals surface area contributed by atoms with Crippen LogP contribution in [0.5, 0.6) is 0 Å². The summed E-state index contributed by atoms with van der Waals surface area (Å²) in [7, 11) is 1.69. The average molecular weight is 600 g/mol. The summed E-state index contributed by atoms with van der Waals surface area (Å²) in [6, 6.07) is 51.2. The van der Waals surface area contributed by atoms with Crippen molar-refractivity contribution in [2.75, 3.05) is 7.05 Å². The summed E-state index contributed by atoms with van der Waals surface area (Å²) in [5.41, 5.74) is 11.1. The molecule has 1 aliphatic rings. The minimum atomic E-state index is 0.561. The van der Waals surface area contributed by atoms with E-state index in [1.807, 2.05) is 6.07 Å². The molecular formula is C44H29N3. The minimum absolute atomic E-state index is 0.561. The first-order valence-corrected chi connectivity index (χ1v) is 15.8. The zero-order valence-electron chi connectivity index (χ0n) is 25.9. The molecule has 0 fully saturated rings. The Morgan fingerprint density at radius 2 is 1.04 bits per heavy atom. The Morgan fingerprint density at radius 3 is 1.70 bits per heavy atom. The van der Waals surface area contributed by atoms with Crippen LogP contribution in [-0.2, 0) is 0 Å². The Labute approximate surface area is 272 Å². The van der Waals surface area contributed by atoms with Crippen LogP contribution >= 0.6 is 0 Å². The van der Waals surface area contributed by atoms with Gasteiger partial charge in [0.05, 0.1) is 0 Å². The van der Waals surface area contributed by atoms with Gasteiger partial charge in [0.15, 0.2) is 5.84 Å². The first-order chi connectivity index (χ1) is 23.2. The van der Waals surface area contributed by atoms with Crippen LogP contribution in [0.3, 0.4) is 0 Å². The van der Waals surface area contributed by atoms with Gasteiger partial charge in [-0.15, -0.1) is 0 Å². The van der Waals surface area contributed by atoms with E-state index in [2.05, 4.69) is 155 Å². The van der Waals surface area contributed by atoms with Crippen molar-refractivity contribution >= 4 is 62.0 Å². The molecule has 0 amide bonds. The van der Waals surface area contributed by atoms with E-state index >= 15 is 0 Å². The van der Waals surface area contributed by atoms with Crippen LogP contribution in [0.2, 0.25) is 0 Å². The summed E-state index contributed by atoms with van der Waals surface area (Å²) in [5, 5.41) is 9.97. The molecule has 8 aromatic carbocycles. The third-order valence-electron chi connectivity index (χ3n) is 9.54. The van der Waals surface area contributed by atoms with Crippen LogP contribution in [0, 0.1) is 0 Å². The summed E-state index contributed by atoms with van der Waals surface area (Å²) in [5.74, 6) is 0.561. The van der Waals surface area contributed by atoms with Crippen molar-refractivity contribution < 1.29 is 0 Å². The van der Waals surface area contributed by atoms with Crippen molar-refractivity contribution in [3.63, 3.8) is 0 Å². The smallest absolute Gasteiger partial charge is 0.160 e. The van der Waals surface area contributed by atoms with Gasteiger partial charge in [0.1, 0.15) is 6.34 Å². The molecule has 0 spiro atoms. The highest BCUT2D eigenvalue weighted by molar-refractivity contribution is 6.20. The van der Waals surface area contributed by atoms with Gasteiger partial charge in [-0.2, -0.15) is 0 Å². The summed E-state index contributed by atoms with van der Waals surface area (Å²) in [4.78, 5) is 12.3. The topological polar surface area (TPSA) is 37.1 Å². The Morgan fingerprint density at radius 1 is 0.489 bits per heavy atom. The lowest BCUT2D eigenvalue weighted by Gasteiger charge is -2.12. The van der Waals surface area contributed by atoms with Crippen molar-refractivity contribution in [3.8, 4) is 44.5 Å². The highest BCUT2D eigenvalue weighted by atomic mass is 14.9. The number of hydrogen-bond donors (Lipinski definition) is 0. The number of nitrogens with zero attached hydrogens (tertiary/aromatic N) is 3. The molecule has 3 nitrogen and oxygen atoms in total. The van der Waals surface area contributed by atoms with Crippen molar-refractivity contribution in [2.24, 2.45) is 15.0 Å². The lowest BCUT2D eigenvalue weighted by atomic mass is 9.92. The van der Waals surface area contributed by atoms with E-state index in [1.54, 1.807) is 7.05 Å². The number of fused-ring (bicyclic) bond motifs is 6. The number of amidine groups is 1. The predicted octanol–water partition coefficient (Wildman–Crippen LogP) is 11.4. The molecule has 0 radical (unpaired) electrons. The molecule has 0 aliphatic heterocycles. The molecule has 47 heavy (non-hydrogen) atoms. The monoisotopic (exact) mass is 599 g/mol. The predicted molar refractivity (Wildman–Crippen MR) is 202 cm³/mol. The highest BCUT2D eigenvalue weighted by Crippen LogP contribution is 2.50. The van der Waals surface area contributed by atoms with Crippen LogP contribution in [0.25, 0.3) is 87.6 Å². The lowest BCUT2D eigenvalue weighted by molar-refractivity contribution is 1.43. The zero-order valence-corrected chi connectivity index (χ0v) is 25.9. The molecule has 0 unspecified atom stereocenters. The maximum absolute atomic E-state index is 4.30. The third-order valence-corrected chi connectivity index (χ3v) is 9.54. The Bertz CT molecular complexity index is 2610. The second-order valence-electron chi connectivity index (χ2n) is 12.2. The van der Waals surface area contributed by atoms with E-state index in [-0.39, 0.29) is 0 Å². The maximum Gasteiger partial charge on any atom is 0.160 e. The van der Waals surface area contributed by atoms with E-state index in [9.17, 15) is 0 Å². The van der Waals surface area contributed by atoms with Crippen LogP contribution < -0.4 is 0 Å². The first-order valence-electron chi connectivity index (χ1n) is 15.8. The molecule has 220 valence electrons. The summed E-state index contributed by atoms with van der Waals surface area (Å²) >= 11 is 0. The van der Waals surface area contributed by atoms with Crippen LogP contribution in [0.1, 0.15) is 5.56 Å². The summed E-state index contributed by atoms with van der Waals surface area (Å²) in [6.07, 6.45) is 1.49. The van der Waals surface area contributed by atoms with Gasteiger partial charge >= 0.3 is 0 Å². The Hall–Kier alpha value is -6.19. The summed E-state index contributed by atoms with van der Waals surface area (Å²) < 4.78 is 0. The molecule has 0 N–H and O–H groups in total. The van der Waals surface area contributed by atoms with E-state index in [0.717, 1.165) is 16.3 Å². The van der Waals surface area contributed by atoms with Gasteiger partial charge in [0, 0.05) is 12.6 Å². The molecule has 0 bridgehead atoms. The van der Waals surface area contributed by atoms with Gasteiger partial charge in [-0.25, -0.2) is 9.98 Å².